The summed E-state index contributed by atoms with van der Waals surface area (Å²) in [7, 11) is -4.01. The Balaban J connectivity index is 1.55. The lowest BCUT2D eigenvalue weighted by molar-refractivity contribution is 0.102. The van der Waals surface area contributed by atoms with Crippen LogP contribution in [-0.2, 0) is 10.0 Å². The third-order valence-electron chi connectivity index (χ3n) is 4.70. The van der Waals surface area contributed by atoms with Gasteiger partial charge in [-0.1, -0.05) is 53.5 Å². The molecule has 0 unspecified atom stereocenters. The lowest BCUT2D eigenvalue weighted by Crippen LogP contribution is -2.18. The minimum absolute atomic E-state index is 0.0108. The number of sulfonamides is 1. The molecular formula is C25H18Cl2N2O4S. The van der Waals surface area contributed by atoms with Gasteiger partial charge in [0.25, 0.3) is 15.9 Å². The number of benzene rings is 4. The van der Waals surface area contributed by atoms with Gasteiger partial charge in [-0.25, -0.2) is 8.42 Å². The van der Waals surface area contributed by atoms with Crippen molar-refractivity contribution in [3.05, 3.63) is 113 Å². The van der Waals surface area contributed by atoms with E-state index < -0.39 is 15.9 Å². The summed E-state index contributed by atoms with van der Waals surface area (Å²) < 4.78 is 34.2. The van der Waals surface area contributed by atoms with Crippen LogP contribution in [0.4, 0.5) is 11.4 Å². The molecule has 0 spiro atoms. The Kier molecular flexibility index (Phi) is 7.07. The lowest BCUT2D eigenvalue weighted by Gasteiger charge is -2.14. The van der Waals surface area contributed by atoms with Gasteiger partial charge in [0, 0.05) is 10.7 Å². The Labute approximate surface area is 207 Å². The number of para-hydroxylation sites is 2. The fraction of sp³-hybridized carbons (Fsp3) is 0. The number of carbonyl (C=O) groups excluding carboxylic acids is 1. The molecule has 6 nitrogen and oxygen atoms in total. The van der Waals surface area contributed by atoms with Crippen LogP contribution in [0.1, 0.15) is 10.4 Å². The van der Waals surface area contributed by atoms with Crippen LogP contribution < -0.4 is 14.8 Å². The molecule has 0 atom stereocenters. The van der Waals surface area contributed by atoms with Crippen molar-refractivity contribution in [1.29, 1.82) is 0 Å². The molecule has 0 saturated carbocycles. The maximum absolute atomic E-state index is 13.0. The Morgan fingerprint density at radius 1 is 0.794 bits per heavy atom. The zero-order valence-corrected chi connectivity index (χ0v) is 19.9. The number of amides is 1. The second-order valence-corrected chi connectivity index (χ2v) is 9.65. The largest absolute Gasteiger partial charge is 0.456 e. The average Bonchev–Trinajstić information content (AvgIpc) is 2.82. The molecule has 0 heterocycles. The summed E-state index contributed by atoms with van der Waals surface area (Å²) in [5.74, 6) is 0.365. The molecular weight excluding hydrogens is 495 g/mol. The van der Waals surface area contributed by atoms with E-state index >= 15 is 0 Å². The third kappa shape index (κ3) is 5.69. The summed E-state index contributed by atoms with van der Waals surface area (Å²) in [6.07, 6.45) is 0. The van der Waals surface area contributed by atoms with Crippen molar-refractivity contribution in [2.24, 2.45) is 0 Å². The van der Waals surface area contributed by atoms with Crippen LogP contribution in [0, 0.1) is 0 Å². The summed E-state index contributed by atoms with van der Waals surface area (Å²) in [5, 5.41) is 3.46. The quantitative estimate of drug-likeness (QED) is 0.284. The highest BCUT2D eigenvalue weighted by Gasteiger charge is 2.20. The SMILES string of the molecule is O=C(Nc1ccccc1)c1cc(Cl)ccc1NS(=O)(=O)c1ccc(Oc2ccccc2Cl)cc1. The van der Waals surface area contributed by atoms with Gasteiger partial charge in [0.05, 0.1) is 21.2 Å². The molecule has 4 rings (SSSR count). The van der Waals surface area contributed by atoms with Crippen LogP contribution in [0.15, 0.2) is 102 Å². The topological polar surface area (TPSA) is 84.5 Å². The minimum atomic E-state index is -4.01. The van der Waals surface area contributed by atoms with Crippen molar-refractivity contribution in [2.75, 3.05) is 10.0 Å². The van der Waals surface area contributed by atoms with E-state index in [0.717, 1.165) is 0 Å². The van der Waals surface area contributed by atoms with E-state index in [1.54, 1.807) is 48.5 Å². The summed E-state index contributed by atoms with van der Waals surface area (Å²) >= 11 is 12.2. The van der Waals surface area contributed by atoms with E-state index in [4.69, 9.17) is 27.9 Å². The molecule has 0 aliphatic heterocycles. The first kappa shape index (κ1) is 23.6. The number of nitrogens with one attached hydrogen (secondary N) is 2. The van der Waals surface area contributed by atoms with Crippen LogP contribution >= 0.6 is 23.2 Å². The van der Waals surface area contributed by atoms with Gasteiger partial charge in [-0.2, -0.15) is 0 Å². The number of halogens is 2. The summed E-state index contributed by atoms with van der Waals surface area (Å²) in [6, 6.07) is 25.9. The van der Waals surface area contributed by atoms with E-state index in [1.165, 1.54) is 42.5 Å². The Morgan fingerprint density at radius 2 is 1.47 bits per heavy atom. The molecule has 4 aromatic rings. The van der Waals surface area contributed by atoms with E-state index in [-0.39, 0.29) is 16.1 Å². The molecule has 0 aliphatic carbocycles. The Hall–Kier alpha value is -3.52. The maximum atomic E-state index is 13.0. The minimum Gasteiger partial charge on any atom is -0.456 e. The van der Waals surface area contributed by atoms with Crippen molar-refractivity contribution in [3.63, 3.8) is 0 Å². The van der Waals surface area contributed by atoms with Crippen LogP contribution in [0.25, 0.3) is 0 Å². The van der Waals surface area contributed by atoms with Crippen LogP contribution in [-0.4, -0.2) is 14.3 Å². The second-order valence-electron chi connectivity index (χ2n) is 7.12. The van der Waals surface area contributed by atoms with E-state index in [1.807, 2.05) is 6.07 Å². The van der Waals surface area contributed by atoms with Crippen LogP contribution in [0.5, 0.6) is 11.5 Å². The molecule has 9 heteroatoms. The van der Waals surface area contributed by atoms with Crippen molar-refractivity contribution >= 4 is 50.5 Å². The van der Waals surface area contributed by atoms with E-state index in [2.05, 4.69) is 10.0 Å². The van der Waals surface area contributed by atoms with Gasteiger partial charge in [0.1, 0.15) is 11.5 Å². The molecule has 0 saturated heterocycles. The average molecular weight is 513 g/mol. The first-order valence-electron chi connectivity index (χ1n) is 10.0. The number of anilines is 2. The van der Waals surface area contributed by atoms with Crippen LogP contribution in [0.2, 0.25) is 10.0 Å². The highest BCUT2D eigenvalue weighted by atomic mass is 35.5. The molecule has 0 fully saturated rings. The van der Waals surface area contributed by atoms with Crippen molar-refractivity contribution in [3.8, 4) is 11.5 Å². The highest BCUT2D eigenvalue weighted by Crippen LogP contribution is 2.30. The maximum Gasteiger partial charge on any atom is 0.261 e. The predicted octanol–water partition coefficient (Wildman–Crippen LogP) is 6.84. The molecule has 0 aliphatic rings. The summed E-state index contributed by atoms with van der Waals surface area (Å²) in [6.45, 7) is 0. The lowest BCUT2D eigenvalue weighted by atomic mass is 10.1. The first-order chi connectivity index (χ1) is 16.3. The normalized spacial score (nSPS) is 11.0. The van der Waals surface area contributed by atoms with Gasteiger partial charge in [0.2, 0.25) is 0 Å². The van der Waals surface area contributed by atoms with Crippen molar-refractivity contribution in [2.45, 2.75) is 4.90 Å². The fourth-order valence-electron chi connectivity index (χ4n) is 3.06. The molecule has 0 radical (unpaired) electrons. The summed E-state index contributed by atoms with van der Waals surface area (Å²) in [4.78, 5) is 12.8. The molecule has 172 valence electrons. The van der Waals surface area contributed by atoms with Gasteiger partial charge in [0.15, 0.2) is 0 Å². The Morgan fingerprint density at radius 3 is 2.18 bits per heavy atom. The Bertz CT molecular complexity index is 1430. The van der Waals surface area contributed by atoms with E-state index in [9.17, 15) is 13.2 Å². The highest BCUT2D eigenvalue weighted by molar-refractivity contribution is 7.92. The standard InChI is InChI=1S/C25H18Cl2N2O4S/c26-17-10-15-23(21(16-17)25(30)28-18-6-2-1-3-7-18)29-34(31,32)20-13-11-19(12-14-20)33-24-9-5-4-8-22(24)27/h1-16,29H,(H,28,30). The van der Waals surface area contributed by atoms with Gasteiger partial charge < -0.3 is 10.1 Å². The van der Waals surface area contributed by atoms with Gasteiger partial charge >= 0.3 is 0 Å². The molecule has 2 N–H and O–H groups in total. The number of hydrogen-bond donors (Lipinski definition) is 2. The number of rotatable bonds is 7. The van der Waals surface area contributed by atoms with Crippen molar-refractivity contribution < 1.29 is 17.9 Å². The molecule has 4 aromatic carbocycles. The predicted molar refractivity (Wildman–Crippen MR) is 135 cm³/mol. The van der Waals surface area contributed by atoms with Crippen LogP contribution in [0.3, 0.4) is 0 Å². The van der Waals surface area contributed by atoms with Gasteiger partial charge in [-0.15, -0.1) is 0 Å². The number of carbonyl (C=O) groups is 1. The zero-order chi connectivity index (χ0) is 24.1. The first-order valence-corrected chi connectivity index (χ1v) is 12.3. The van der Waals surface area contributed by atoms with Gasteiger partial charge in [-0.3, -0.25) is 9.52 Å². The smallest absolute Gasteiger partial charge is 0.261 e. The number of hydrogen-bond acceptors (Lipinski definition) is 4. The second kappa shape index (κ2) is 10.2. The molecule has 0 aromatic heterocycles. The van der Waals surface area contributed by atoms with Gasteiger partial charge in [-0.05, 0) is 66.7 Å². The fourth-order valence-corrected chi connectivity index (χ4v) is 4.48. The zero-order valence-electron chi connectivity index (χ0n) is 17.5. The third-order valence-corrected chi connectivity index (χ3v) is 6.63. The molecule has 0 bridgehead atoms. The van der Waals surface area contributed by atoms with Crippen molar-refractivity contribution in [1.82, 2.24) is 0 Å². The number of ether oxygens (including phenoxy) is 1. The molecule has 34 heavy (non-hydrogen) atoms. The summed E-state index contributed by atoms with van der Waals surface area (Å²) in [5.41, 5.74) is 0.739. The molecule has 1 amide bonds. The monoisotopic (exact) mass is 512 g/mol. The van der Waals surface area contributed by atoms with E-state index in [0.29, 0.717) is 27.2 Å².